The van der Waals surface area contributed by atoms with Crippen LogP contribution in [0.15, 0.2) is 29.2 Å². The van der Waals surface area contributed by atoms with Gasteiger partial charge >= 0.3 is 0 Å². The van der Waals surface area contributed by atoms with Gasteiger partial charge in [-0.2, -0.15) is 5.10 Å². The zero-order chi connectivity index (χ0) is 8.84. The van der Waals surface area contributed by atoms with Crippen LogP contribution in [0.1, 0.15) is 0 Å². The van der Waals surface area contributed by atoms with Gasteiger partial charge in [0.2, 0.25) is 0 Å². The summed E-state index contributed by atoms with van der Waals surface area (Å²) in [6, 6.07) is 1.93. The molecule has 0 radical (unpaired) electrons. The molecule has 5 heteroatoms. The van der Waals surface area contributed by atoms with E-state index in [1.165, 1.54) is 0 Å². The molecule has 0 spiro atoms. The summed E-state index contributed by atoms with van der Waals surface area (Å²) in [5, 5.41) is 8.93. The van der Waals surface area contributed by atoms with E-state index in [0.29, 0.717) is 0 Å². The second-order valence-electron chi connectivity index (χ2n) is 2.71. The van der Waals surface area contributed by atoms with Crippen LogP contribution in [0.5, 0.6) is 0 Å². The van der Waals surface area contributed by atoms with E-state index in [0.717, 1.165) is 20.1 Å². The number of aromatic nitrogens is 3. The summed E-state index contributed by atoms with van der Waals surface area (Å²) in [6.45, 7) is 0. The molecular formula is C8H4IN3O. The number of halogens is 1. The Hall–Kier alpha value is -1.11. The van der Waals surface area contributed by atoms with Crippen molar-refractivity contribution in [2.24, 2.45) is 0 Å². The molecule has 3 aromatic heterocycles. The van der Waals surface area contributed by atoms with Crippen molar-refractivity contribution in [2.45, 2.75) is 0 Å². The van der Waals surface area contributed by atoms with Crippen molar-refractivity contribution >= 4 is 39.1 Å². The van der Waals surface area contributed by atoms with Crippen molar-refractivity contribution in [3.8, 4) is 0 Å². The molecule has 0 N–H and O–H groups in total. The van der Waals surface area contributed by atoms with Gasteiger partial charge in [-0.05, 0) is 28.7 Å². The lowest BCUT2D eigenvalue weighted by Crippen LogP contribution is -1.84. The van der Waals surface area contributed by atoms with E-state index >= 15 is 0 Å². The topological polar surface area (TPSA) is 43.3 Å². The van der Waals surface area contributed by atoms with Crippen LogP contribution in [-0.2, 0) is 0 Å². The third-order valence-electron chi connectivity index (χ3n) is 1.96. The van der Waals surface area contributed by atoms with Crippen LogP contribution >= 0.6 is 22.6 Å². The van der Waals surface area contributed by atoms with Crippen LogP contribution in [0.25, 0.3) is 16.5 Å². The largest absolute Gasteiger partial charge is 0.354 e. The minimum absolute atomic E-state index is 0.796. The van der Waals surface area contributed by atoms with Crippen molar-refractivity contribution in [2.75, 3.05) is 0 Å². The van der Waals surface area contributed by atoms with Gasteiger partial charge in [0.1, 0.15) is 5.52 Å². The van der Waals surface area contributed by atoms with Gasteiger partial charge in [-0.15, -0.1) is 0 Å². The van der Waals surface area contributed by atoms with Crippen molar-refractivity contribution in [1.29, 1.82) is 0 Å². The molecule has 0 aliphatic carbocycles. The van der Waals surface area contributed by atoms with Gasteiger partial charge in [-0.3, -0.25) is 0 Å². The lowest BCUT2D eigenvalue weighted by Gasteiger charge is -1.92. The number of pyridine rings is 1. The Bertz CT molecular complexity index is 583. The number of fused-ring (bicyclic) bond motifs is 3. The molecule has 0 aliphatic heterocycles. The van der Waals surface area contributed by atoms with Crippen LogP contribution < -0.4 is 0 Å². The van der Waals surface area contributed by atoms with Crippen LogP contribution in [0.2, 0.25) is 0 Å². The van der Waals surface area contributed by atoms with Crippen LogP contribution in [0, 0.1) is 3.57 Å². The maximum atomic E-state index is 5.15. The molecular weight excluding hydrogens is 281 g/mol. The second kappa shape index (κ2) is 2.44. The molecule has 3 heterocycles. The van der Waals surface area contributed by atoms with E-state index in [1.54, 1.807) is 16.9 Å². The molecule has 64 valence electrons. The van der Waals surface area contributed by atoms with Crippen LogP contribution in [0.3, 0.4) is 0 Å². The first-order chi connectivity index (χ1) is 6.36. The van der Waals surface area contributed by atoms with Gasteiger partial charge in [-0.25, -0.2) is 4.52 Å². The minimum Gasteiger partial charge on any atom is -0.354 e. The highest BCUT2D eigenvalue weighted by Crippen LogP contribution is 2.23. The lowest BCUT2D eigenvalue weighted by molar-refractivity contribution is 0.457. The first-order valence-electron chi connectivity index (χ1n) is 3.72. The van der Waals surface area contributed by atoms with Crippen molar-refractivity contribution < 1.29 is 4.52 Å². The Balaban J connectivity index is 2.70. The SMILES string of the molecule is Ic1cnn2ccc3cnoc3c12. The zero-order valence-corrected chi connectivity index (χ0v) is 8.59. The molecule has 0 aromatic carbocycles. The van der Waals surface area contributed by atoms with Gasteiger partial charge in [0.05, 0.1) is 16.0 Å². The molecule has 0 amide bonds. The van der Waals surface area contributed by atoms with E-state index in [1.807, 2.05) is 12.3 Å². The summed E-state index contributed by atoms with van der Waals surface area (Å²) < 4.78 is 8.01. The van der Waals surface area contributed by atoms with Crippen LogP contribution in [-0.4, -0.2) is 14.8 Å². The monoisotopic (exact) mass is 285 g/mol. The minimum atomic E-state index is 0.796. The molecule has 0 saturated carbocycles. The first-order valence-corrected chi connectivity index (χ1v) is 4.80. The van der Waals surface area contributed by atoms with E-state index in [-0.39, 0.29) is 0 Å². The molecule has 4 nitrogen and oxygen atoms in total. The summed E-state index contributed by atoms with van der Waals surface area (Å²) in [5.74, 6) is 0. The first kappa shape index (κ1) is 7.31. The molecule has 0 fully saturated rings. The molecule has 13 heavy (non-hydrogen) atoms. The fraction of sp³-hybridized carbons (Fsp3) is 0. The smallest absolute Gasteiger partial charge is 0.193 e. The second-order valence-corrected chi connectivity index (χ2v) is 3.87. The van der Waals surface area contributed by atoms with E-state index < -0.39 is 0 Å². The number of rotatable bonds is 0. The quantitative estimate of drug-likeness (QED) is 0.594. The Morgan fingerprint density at radius 3 is 3.23 bits per heavy atom. The standard InChI is InChI=1S/C8H4IN3O/c9-6-4-10-12-2-1-5-3-11-13-8(5)7(6)12/h1-4H. The van der Waals surface area contributed by atoms with E-state index in [4.69, 9.17) is 4.52 Å². The van der Waals surface area contributed by atoms with Crippen molar-refractivity contribution in [3.63, 3.8) is 0 Å². The van der Waals surface area contributed by atoms with Crippen molar-refractivity contribution in [3.05, 3.63) is 28.2 Å². The average molecular weight is 285 g/mol. The number of hydrogen-bond donors (Lipinski definition) is 0. The molecule has 3 aromatic rings. The fourth-order valence-corrected chi connectivity index (χ4v) is 1.98. The Morgan fingerprint density at radius 1 is 1.38 bits per heavy atom. The van der Waals surface area contributed by atoms with Gasteiger partial charge in [-0.1, -0.05) is 5.16 Å². The summed E-state index contributed by atoms with van der Waals surface area (Å²) in [4.78, 5) is 0. The van der Waals surface area contributed by atoms with Crippen LogP contribution in [0.4, 0.5) is 0 Å². The normalized spacial score (nSPS) is 11.5. The predicted molar refractivity (Wildman–Crippen MR) is 55.5 cm³/mol. The average Bonchev–Trinajstić information content (AvgIpc) is 2.70. The van der Waals surface area contributed by atoms with Gasteiger partial charge < -0.3 is 4.52 Å². The Morgan fingerprint density at radius 2 is 2.31 bits per heavy atom. The van der Waals surface area contributed by atoms with Gasteiger partial charge in [0.15, 0.2) is 5.58 Å². The highest BCUT2D eigenvalue weighted by atomic mass is 127. The Labute approximate surface area is 86.6 Å². The molecule has 0 atom stereocenters. The summed E-state index contributed by atoms with van der Waals surface area (Å²) in [6.07, 6.45) is 5.41. The van der Waals surface area contributed by atoms with E-state index in [2.05, 4.69) is 32.8 Å². The third kappa shape index (κ3) is 0.902. The lowest BCUT2D eigenvalue weighted by atomic mass is 10.3. The van der Waals surface area contributed by atoms with Gasteiger partial charge in [0.25, 0.3) is 0 Å². The highest BCUT2D eigenvalue weighted by Gasteiger charge is 2.08. The molecule has 0 unspecified atom stereocenters. The fourth-order valence-electron chi connectivity index (χ4n) is 1.36. The zero-order valence-electron chi connectivity index (χ0n) is 6.44. The predicted octanol–water partition coefficient (Wildman–Crippen LogP) is 2.08. The Kier molecular flexibility index (Phi) is 1.37. The molecule has 0 saturated heterocycles. The highest BCUT2D eigenvalue weighted by molar-refractivity contribution is 14.1. The number of nitrogens with zero attached hydrogens (tertiary/aromatic N) is 3. The molecule has 0 bridgehead atoms. The molecule has 3 rings (SSSR count). The summed E-state index contributed by atoms with van der Waals surface area (Å²) in [7, 11) is 0. The third-order valence-corrected chi connectivity index (χ3v) is 2.75. The maximum Gasteiger partial charge on any atom is 0.193 e. The number of hydrogen-bond acceptors (Lipinski definition) is 3. The maximum absolute atomic E-state index is 5.15. The van der Waals surface area contributed by atoms with E-state index in [9.17, 15) is 0 Å². The molecule has 0 aliphatic rings. The van der Waals surface area contributed by atoms with Crippen molar-refractivity contribution in [1.82, 2.24) is 14.8 Å². The van der Waals surface area contributed by atoms with Gasteiger partial charge in [0, 0.05) is 11.6 Å². The summed E-state index contributed by atoms with van der Waals surface area (Å²) in [5.41, 5.74) is 1.78. The summed E-state index contributed by atoms with van der Waals surface area (Å²) >= 11 is 2.23.